The Hall–Kier alpha value is -6.10. The predicted octanol–water partition coefficient (Wildman–Crippen LogP) is -1.39. The number of piperazine rings is 1. The van der Waals surface area contributed by atoms with Crippen LogP contribution in [0.25, 0.3) is 10.9 Å². The summed E-state index contributed by atoms with van der Waals surface area (Å²) in [6, 6.07) is 26.4. The first-order valence-corrected chi connectivity index (χ1v) is 37.8. The maximum Gasteiger partial charge on any atom is 1.00 e. The topological polar surface area (TPSA) is 476 Å². The zero-order chi connectivity index (χ0) is 81.6. The van der Waals surface area contributed by atoms with E-state index in [2.05, 4.69) is 22.9 Å². The van der Waals surface area contributed by atoms with Crippen molar-refractivity contribution in [2.75, 3.05) is 44.2 Å². The third kappa shape index (κ3) is 24.7. The maximum atomic E-state index is 14.6. The van der Waals surface area contributed by atoms with Crippen molar-refractivity contribution in [2.45, 2.75) is 146 Å². The van der Waals surface area contributed by atoms with E-state index in [9.17, 15) is 92.8 Å². The van der Waals surface area contributed by atoms with Crippen LogP contribution in [-0.2, 0) is 44.8 Å². The van der Waals surface area contributed by atoms with Gasteiger partial charge >= 0.3 is 92.9 Å². The minimum absolute atomic E-state index is 0. The Labute approximate surface area is 733 Å². The summed E-state index contributed by atoms with van der Waals surface area (Å²) in [4.78, 5) is 145. The molecule has 11 N–H and O–H groups in total. The van der Waals surface area contributed by atoms with Gasteiger partial charge in [-0.25, -0.2) is 9.18 Å². The molecule has 6 fully saturated rings. The first kappa shape index (κ1) is 96.5. The van der Waals surface area contributed by atoms with Crippen molar-refractivity contribution in [3.8, 4) is 0 Å². The van der Waals surface area contributed by atoms with E-state index < -0.39 is 120 Å². The number of Topliss-reactive ketones (excluding diaryl/α,β-unsaturated/α-hetero) is 4. The number of nitrogens with one attached hydrogen (secondary N) is 1. The number of benzene rings is 4. The van der Waals surface area contributed by atoms with Gasteiger partial charge in [-0.1, -0.05) is 83.9 Å². The number of thiol groups is 1. The van der Waals surface area contributed by atoms with E-state index in [-0.39, 0.29) is 169 Å². The maximum absolute atomic E-state index is 14.6. The number of amides is 2. The predicted molar refractivity (Wildman–Crippen MR) is 410 cm³/mol. The summed E-state index contributed by atoms with van der Waals surface area (Å²) in [6.45, 7) is 13.1. The van der Waals surface area contributed by atoms with Crippen LogP contribution < -0.4 is 124 Å². The number of hydrogen-bond donors (Lipinski definition) is 9. The van der Waals surface area contributed by atoms with Gasteiger partial charge in [-0.2, -0.15) is 12.6 Å². The number of aromatic carboxylic acids is 1. The van der Waals surface area contributed by atoms with Crippen LogP contribution in [0.1, 0.15) is 129 Å². The summed E-state index contributed by atoms with van der Waals surface area (Å²) < 4.78 is 14.5. The number of hydrogen-bond acceptors (Lipinski definition) is 26. The smallest absolute Gasteiger partial charge is 0.548 e. The number of rotatable bonds is 24. The van der Waals surface area contributed by atoms with Gasteiger partial charge < -0.3 is 82.0 Å². The summed E-state index contributed by atoms with van der Waals surface area (Å²) in [5, 5.41) is 72.9. The van der Waals surface area contributed by atoms with Gasteiger partial charge in [-0.3, -0.25) is 53.5 Å². The Kier molecular flexibility index (Phi) is 36.8. The summed E-state index contributed by atoms with van der Waals surface area (Å²) in [7, 11) is 0. The molecule has 5 saturated heterocycles. The average molecular weight is 1680 g/mol. The standard InChI is InChI=1S/C17H18FN3O3.C17H20N2O4S.C17H19NO4S.C12H13Cl2NO5.C7H8N2O.C5H11NO2S.K.Na/c18-13-7-11-14(8-15(13)20-5-3-19-4-6-20)21(10-1-2-10)9-12(16(11)22)17(23)24;1-17(2)13(16(22)23)19-14(21)10(15(19)24-17)8-11(20)12(18)9-6-4-3-5-7-9;1-17(2)13(16(21)22)18-14(20)12(15(18)23-17)9-11(19)8-10-6-4-3-5-7-10;13-12(14)10(17)5-8(6-16)11(18)7-1-3-9(4-2-7)15(19)20;8-5-7(10)6-1-3-9-4-2-6;1-5(2,9)3(6)4(7)8;;/h7-10,19H,1-6H2,(H,23,24);3-7,10,12-13,15H,8,18H2,1-2H3,(H,22,23);3-7,12-13,15H,8-9H2,1-2H3,(H,21,22);1-4,8,11-12,16,18H,5-6H2;1-4H,5,8H2;3,9H,6H2,1-2H3,(H,7,8);;/q;;;;;;2*+1/p-2/t;10-,12-,13+,15-;12-,13+,15-;8-,11-;;3-;;/m.111.0../s1. The molecule has 0 unspecified atom stereocenters. The van der Waals surface area contributed by atoms with Gasteiger partial charge in [0, 0.05) is 126 Å². The molecule has 0 spiro atoms. The molecular formula is C75H87Cl2FKN10NaO19S3. The van der Waals surface area contributed by atoms with Gasteiger partial charge in [0.2, 0.25) is 17.2 Å². The number of carbonyl (C=O) groups is 10. The number of nitro benzene ring substituents is 1. The molecule has 1 saturated carbocycles. The number of carbonyl (C=O) groups excluding carboxylic acids is 8. The Balaban J connectivity index is 0.000000247. The molecule has 6 aromatic rings. The second-order valence-electron chi connectivity index (χ2n) is 28.2. The Bertz CT molecular complexity index is 4420. The summed E-state index contributed by atoms with van der Waals surface area (Å²) in [6.07, 6.45) is 5.60. The van der Waals surface area contributed by atoms with Crippen LogP contribution in [0.2, 0.25) is 0 Å². The number of aliphatic hydroxyl groups is 2. The normalized spacial score (nSPS) is 20.4. The van der Waals surface area contributed by atoms with Crippen molar-refractivity contribution < 1.29 is 169 Å². The van der Waals surface area contributed by atoms with E-state index in [0.717, 1.165) is 31.5 Å². The number of aliphatic carboxylic acids is 3. The fourth-order valence-corrected chi connectivity index (χ4v) is 16.5. The summed E-state index contributed by atoms with van der Waals surface area (Å²) in [5.74, 6) is -8.28. The van der Waals surface area contributed by atoms with Gasteiger partial charge in [0.25, 0.3) is 5.69 Å². The van der Waals surface area contributed by atoms with E-state index in [0.29, 0.717) is 47.4 Å². The molecule has 592 valence electrons. The minimum atomic E-state index is -1.28. The number of ketones is 4. The molecule has 112 heavy (non-hydrogen) atoms. The van der Waals surface area contributed by atoms with E-state index >= 15 is 0 Å². The van der Waals surface area contributed by atoms with E-state index in [1.54, 1.807) is 96.4 Å². The third-order valence-electron chi connectivity index (χ3n) is 18.9. The molecule has 6 aliphatic rings. The van der Waals surface area contributed by atoms with Crippen LogP contribution in [0.4, 0.5) is 15.8 Å². The van der Waals surface area contributed by atoms with Gasteiger partial charge in [0.05, 0.1) is 81.4 Å². The number of aliphatic hydroxyl groups excluding tert-OH is 2. The number of nitro groups is 1. The number of pyridine rings is 2. The zero-order valence-corrected chi connectivity index (χ0v) is 71.9. The first-order valence-electron chi connectivity index (χ1n) is 34.7. The van der Waals surface area contributed by atoms with Crippen LogP contribution in [0.5, 0.6) is 0 Å². The van der Waals surface area contributed by atoms with Crippen molar-refractivity contribution in [1.29, 1.82) is 0 Å². The molecule has 0 bridgehead atoms. The number of carboxylic acids is 4. The minimum Gasteiger partial charge on any atom is -0.548 e. The SMILES string of the molecule is CC(C)(S)[C@@H](N)C(=O)O.CC1(C)S[C@@H]2[C@H](CC(=O)Cc3ccccc3)C(=O)N2[C@H]1C(=O)[O-].CC1(C)S[C@@H]2[C@H](CC(=O)[C@H](N)c3ccccc3)C(=O)N2[C@H]1C(=O)[O-].NCC(=O)c1ccncc1.O=C(C[C@H](CO)[C@H](O)c1ccc([N+](=O)[O-])cc1)C(Cl)Cl.O=C(O)c1cn(C2CC2)c2cc(N3CCNCC3)c(F)cc2c1=O.[K+].[Na+]. The van der Waals surface area contributed by atoms with Crippen LogP contribution in [0, 0.1) is 33.7 Å². The van der Waals surface area contributed by atoms with Crippen molar-refractivity contribution >= 4 is 140 Å². The Morgan fingerprint density at radius 1 is 0.777 bits per heavy atom. The molecular weight excluding hydrogens is 1590 g/mol. The van der Waals surface area contributed by atoms with Gasteiger partial charge in [-0.05, 0) is 107 Å². The number of anilines is 1. The molecule has 4 aromatic carbocycles. The molecule has 29 nitrogen and oxygen atoms in total. The van der Waals surface area contributed by atoms with Crippen molar-refractivity contribution in [3.63, 3.8) is 0 Å². The quantitative estimate of drug-likeness (QED) is 0.00641. The summed E-state index contributed by atoms with van der Waals surface area (Å²) >= 11 is 17.7. The number of β-lactam (4-membered cyclic amide) rings is 2. The second kappa shape index (κ2) is 42.7. The number of non-ortho nitro benzene ring substituents is 1. The number of thioether (sulfide) groups is 2. The van der Waals surface area contributed by atoms with E-state index in [4.69, 9.17) is 45.5 Å². The fraction of sp³-hybridized carbons (Fsp3) is 0.440. The van der Waals surface area contributed by atoms with Crippen LogP contribution >= 0.6 is 59.4 Å². The number of alkyl halides is 2. The Morgan fingerprint density at radius 2 is 1.29 bits per heavy atom. The molecule has 7 heterocycles. The first-order chi connectivity index (χ1) is 51.7. The van der Waals surface area contributed by atoms with Crippen molar-refractivity contribution in [1.82, 2.24) is 24.7 Å². The number of aromatic nitrogens is 2. The number of nitrogens with zero attached hydrogens (tertiary/aromatic N) is 6. The summed E-state index contributed by atoms with van der Waals surface area (Å²) in [5.41, 5.74) is 19.0. The largest absolute Gasteiger partial charge is 1.00 e. The Morgan fingerprint density at radius 3 is 1.72 bits per heavy atom. The van der Waals surface area contributed by atoms with Crippen molar-refractivity contribution in [3.05, 3.63) is 182 Å². The average Bonchev–Trinajstić information content (AvgIpc) is 1.59. The zero-order valence-electron chi connectivity index (χ0n) is 62.8. The van der Waals surface area contributed by atoms with Crippen LogP contribution in [0.3, 0.4) is 0 Å². The van der Waals surface area contributed by atoms with Gasteiger partial charge in [-0.15, -0.1) is 23.5 Å². The molecule has 2 amide bonds. The molecule has 12 rings (SSSR count). The number of fused-ring (bicyclic) bond motifs is 3. The van der Waals surface area contributed by atoms with Crippen LogP contribution in [0.15, 0.2) is 133 Å². The third-order valence-corrected chi connectivity index (χ3v) is 23.0. The number of halogens is 3. The van der Waals surface area contributed by atoms with E-state index in [1.807, 2.05) is 45.9 Å². The van der Waals surface area contributed by atoms with Gasteiger partial charge in [0.15, 0.2) is 22.2 Å². The van der Waals surface area contributed by atoms with Gasteiger partial charge in [0.1, 0.15) is 23.2 Å². The molecule has 2 aromatic heterocycles. The molecule has 37 heteroatoms. The molecule has 0 radical (unpaired) electrons. The fourth-order valence-electron chi connectivity index (χ4n) is 12.8. The number of nitrogens with two attached hydrogens (primary N) is 3. The van der Waals surface area contributed by atoms with Crippen molar-refractivity contribution in [2.24, 2.45) is 35.0 Å². The molecule has 1 aliphatic carbocycles. The monoisotopic (exact) mass is 1680 g/mol. The molecule has 10 atom stereocenters. The second-order valence-corrected chi connectivity index (χ2v) is 34.0. The van der Waals surface area contributed by atoms with Crippen LogP contribution in [-0.4, -0.2) is 191 Å². The molecule has 5 aliphatic heterocycles. The van der Waals surface area contributed by atoms with E-state index in [1.165, 1.54) is 69.9 Å². The number of carboxylic acid groups (broad SMARTS) is 4.